The van der Waals surface area contributed by atoms with E-state index in [4.69, 9.17) is 0 Å². The third kappa shape index (κ3) is 1.41. The Kier molecular flexibility index (Phi) is 2.00. The van der Waals surface area contributed by atoms with Crippen LogP contribution in [0.4, 0.5) is 0 Å². The van der Waals surface area contributed by atoms with Crippen LogP contribution in [0, 0.1) is 6.92 Å². The molecule has 2 heterocycles. The van der Waals surface area contributed by atoms with E-state index in [1.165, 1.54) is 5.56 Å². The van der Waals surface area contributed by atoms with Gasteiger partial charge in [0.25, 0.3) is 0 Å². The molecule has 0 saturated heterocycles. The Hall–Kier alpha value is -1.38. The van der Waals surface area contributed by atoms with Crippen LogP contribution >= 0.6 is 0 Å². The first kappa shape index (κ1) is 8.23. The summed E-state index contributed by atoms with van der Waals surface area (Å²) in [6.07, 6.45) is 4.18. The Labute approximate surface area is 77.4 Å². The van der Waals surface area contributed by atoms with E-state index in [0.717, 1.165) is 24.3 Å². The van der Waals surface area contributed by atoms with Crippen molar-refractivity contribution in [3.63, 3.8) is 0 Å². The zero-order chi connectivity index (χ0) is 9.26. The van der Waals surface area contributed by atoms with E-state index in [1.807, 2.05) is 6.07 Å². The lowest BCUT2D eigenvalue weighted by molar-refractivity contribution is 0.817. The molecular formula is C10H13N3. The van der Waals surface area contributed by atoms with Gasteiger partial charge in [-0.25, -0.2) is 0 Å². The fraction of sp³-hybridized carbons (Fsp3) is 0.400. The Morgan fingerprint density at radius 1 is 1.31 bits per heavy atom. The second kappa shape index (κ2) is 3.17. The molecule has 3 nitrogen and oxygen atoms in total. The van der Waals surface area contributed by atoms with Crippen molar-refractivity contribution in [1.29, 1.82) is 0 Å². The van der Waals surface area contributed by atoms with Gasteiger partial charge in [0.1, 0.15) is 5.82 Å². The predicted molar refractivity (Wildman–Crippen MR) is 51.7 cm³/mol. The van der Waals surface area contributed by atoms with Crippen LogP contribution in [0.3, 0.4) is 0 Å². The summed E-state index contributed by atoms with van der Waals surface area (Å²) in [5.41, 5.74) is 2.18. The van der Waals surface area contributed by atoms with Crippen molar-refractivity contribution in [2.45, 2.75) is 26.7 Å². The van der Waals surface area contributed by atoms with Crippen molar-refractivity contribution in [2.24, 2.45) is 0 Å². The van der Waals surface area contributed by atoms with E-state index in [1.54, 1.807) is 0 Å². The SMILES string of the molecule is CCCc1nnc2ccc(C)cn12. The smallest absolute Gasteiger partial charge is 0.160 e. The minimum absolute atomic E-state index is 0.939. The standard InChI is InChI=1S/C10H13N3/c1-3-4-9-11-12-10-6-5-8(2)7-13(9)10/h5-7H,3-4H2,1-2H3. The number of pyridine rings is 1. The lowest BCUT2D eigenvalue weighted by atomic mass is 10.3. The predicted octanol–water partition coefficient (Wildman–Crippen LogP) is 1.99. The zero-order valence-electron chi connectivity index (χ0n) is 7.99. The van der Waals surface area contributed by atoms with Gasteiger partial charge in [-0.1, -0.05) is 13.0 Å². The maximum atomic E-state index is 4.14. The molecule has 13 heavy (non-hydrogen) atoms. The summed E-state index contributed by atoms with van der Waals surface area (Å²) in [5.74, 6) is 1.06. The van der Waals surface area contributed by atoms with E-state index in [2.05, 4.69) is 40.7 Å². The minimum Gasteiger partial charge on any atom is -0.286 e. The topological polar surface area (TPSA) is 30.2 Å². The number of aromatic nitrogens is 3. The molecule has 0 aliphatic carbocycles. The highest BCUT2D eigenvalue weighted by atomic mass is 15.2. The molecule has 0 bridgehead atoms. The average molecular weight is 175 g/mol. The van der Waals surface area contributed by atoms with Gasteiger partial charge >= 0.3 is 0 Å². The zero-order valence-corrected chi connectivity index (χ0v) is 7.99. The number of nitrogens with zero attached hydrogens (tertiary/aromatic N) is 3. The van der Waals surface area contributed by atoms with Crippen LogP contribution in [0.5, 0.6) is 0 Å². The van der Waals surface area contributed by atoms with E-state index < -0.39 is 0 Å². The molecule has 0 aromatic carbocycles. The molecule has 3 heteroatoms. The Morgan fingerprint density at radius 3 is 2.92 bits per heavy atom. The van der Waals surface area contributed by atoms with Gasteiger partial charge in [0.2, 0.25) is 0 Å². The van der Waals surface area contributed by atoms with Crippen molar-refractivity contribution >= 4 is 5.65 Å². The van der Waals surface area contributed by atoms with Gasteiger partial charge in [0, 0.05) is 12.6 Å². The summed E-state index contributed by atoms with van der Waals surface area (Å²) in [6, 6.07) is 4.06. The fourth-order valence-corrected chi connectivity index (χ4v) is 1.44. The van der Waals surface area contributed by atoms with E-state index in [9.17, 15) is 0 Å². The molecule has 0 spiro atoms. The Bertz CT molecular complexity index is 417. The highest BCUT2D eigenvalue weighted by molar-refractivity contribution is 5.39. The monoisotopic (exact) mass is 175 g/mol. The fourth-order valence-electron chi connectivity index (χ4n) is 1.44. The van der Waals surface area contributed by atoms with Crippen LogP contribution in [0.2, 0.25) is 0 Å². The molecule has 2 aromatic heterocycles. The molecule has 0 N–H and O–H groups in total. The third-order valence-electron chi connectivity index (χ3n) is 2.09. The second-order valence-electron chi connectivity index (χ2n) is 3.30. The molecule has 2 aromatic rings. The number of fused-ring (bicyclic) bond motifs is 1. The normalized spacial score (nSPS) is 10.9. The van der Waals surface area contributed by atoms with E-state index >= 15 is 0 Å². The second-order valence-corrected chi connectivity index (χ2v) is 3.30. The number of rotatable bonds is 2. The van der Waals surface area contributed by atoms with Gasteiger partial charge in [-0.05, 0) is 25.0 Å². The molecular weight excluding hydrogens is 162 g/mol. The van der Waals surface area contributed by atoms with E-state index in [0.29, 0.717) is 0 Å². The number of aryl methyl sites for hydroxylation is 2. The molecule has 0 amide bonds. The maximum absolute atomic E-state index is 4.14. The summed E-state index contributed by atoms with van der Waals surface area (Å²) in [5, 5.41) is 8.23. The molecule has 0 unspecified atom stereocenters. The van der Waals surface area contributed by atoms with Gasteiger partial charge in [-0.15, -0.1) is 10.2 Å². The summed E-state index contributed by atoms with van der Waals surface area (Å²) in [6.45, 7) is 4.23. The molecule has 0 fully saturated rings. The van der Waals surface area contributed by atoms with Crippen molar-refractivity contribution in [3.05, 3.63) is 29.7 Å². The molecule has 2 rings (SSSR count). The van der Waals surface area contributed by atoms with Crippen LogP contribution in [0.15, 0.2) is 18.3 Å². The van der Waals surface area contributed by atoms with Crippen LogP contribution in [-0.2, 0) is 6.42 Å². The lowest BCUT2D eigenvalue weighted by Gasteiger charge is -1.98. The first-order chi connectivity index (χ1) is 6.31. The Morgan fingerprint density at radius 2 is 2.15 bits per heavy atom. The minimum atomic E-state index is 0.939. The van der Waals surface area contributed by atoms with E-state index in [-0.39, 0.29) is 0 Å². The average Bonchev–Trinajstić information content (AvgIpc) is 2.49. The maximum Gasteiger partial charge on any atom is 0.160 e. The number of hydrogen-bond donors (Lipinski definition) is 0. The molecule has 0 radical (unpaired) electrons. The molecule has 0 atom stereocenters. The van der Waals surface area contributed by atoms with Crippen LogP contribution in [-0.4, -0.2) is 14.6 Å². The van der Waals surface area contributed by atoms with Crippen molar-refractivity contribution < 1.29 is 0 Å². The van der Waals surface area contributed by atoms with Crippen molar-refractivity contribution in [3.8, 4) is 0 Å². The van der Waals surface area contributed by atoms with Gasteiger partial charge in [-0.3, -0.25) is 4.40 Å². The first-order valence-electron chi connectivity index (χ1n) is 4.61. The highest BCUT2D eigenvalue weighted by Crippen LogP contribution is 2.07. The van der Waals surface area contributed by atoms with Gasteiger partial charge in [-0.2, -0.15) is 0 Å². The highest BCUT2D eigenvalue weighted by Gasteiger charge is 2.02. The Balaban J connectivity index is 2.58. The summed E-state index contributed by atoms with van der Waals surface area (Å²) < 4.78 is 2.07. The first-order valence-corrected chi connectivity index (χ1v) is 4.61. The van der Waals surface area contributed by atoms with Gasteiger partial charge in [0.15, 0.2) is 5.65 Å². The third-order valence-corrected chi connectivity index (χ3v) is 2.09. The van der Waals surface area contributed by atoms with Gasteiger partial charge < -0.3 is 0 Å². The lowest BCUT2D eigenvalue weighted by Crippen LogP contribution is -1.94. The summed E-state index contributed by atoms with van der Waals surface area (Å²) in [4.78, 5) is 0. The van der Waals surface area contributed by atoms with Crippen molar-refractivity contribution in [1.82, 2.24) is 14.6 Å². The van der Waals surface area contributed by atoms with Crippen LogP contribution in [0.25, 0.3) is 5.65 Å². The molecule has 0 saturated carbocycles. The summed E-state index contributed by atoms with van der Waals surface area (Å²) in [7, 11) is 0. The molecule has 0 aliphatic heterocycles. The molecule has 68 valence electrons. The quantitative estimate of drug-likeness (QED) is 0.698. The molecule has 0 aliphatic rings. The largest absolute Gasteiger partial charge is 0.286 e. The van der Waals surface area contributed by atoms with Crippen LogP contribution < -0.4 is 0 Å². The van der Waals surface area contributed by atoms with Crippen LogP contribution in [0.1, 0.15) is 24.7 Å². The van der Waals surface area contributed by atoms with Crippen molar-refractivity contribution in [2.75, 3.05) is 0 Å². The van der Waals surface area contributed by atoms with Gasteiger partial charge in [0.05, 0.1) is 0 Å². The number of hydrogen-bond acceptors (Lipinski definition) is 2. The summed E-state index contributed by atoms with van der Waals surface area (Å²) >= 11 is 0.